The summed E-state index contributed by atoms with van der Waals surface area (Å²) in [6.45, 7) is 2.24. The quantitative estimate of drug-likeness (QED) is 0.843. The normalized spacial score (nSPS) is 13.7. The van der Waals surface area contributed by atoms with Gasteiger partial charge in [0, 0.05) is 38.1 Å². The Balaban J connectivity index is 1.61. The fraction of sp³-hybridized carbons (Fsp3) is 0.353. The molecule has 0 aliphatic carbocycles. The number of aromatic nitrogens is 2. The third-order valence-electron chi connectivity index (χ3n) is 3.97. The molecular formula is C17H19N3O3. The number of carbonyl (C=O) groups excluding carboxylic acids is 1. The van der Waals surface area contributed by atoms with Crippen molar-refractivity contribution in [2.45, 2.75) is 25.8 Å². The summed E-state index contributed by atoms with van der Waals surface area (Å²) in [5, 5.41) is 0. The van der Waals surface area contributed by atoms with Crippen LogP contribution in [0.3, 0.4) is 0 Å². The van der Waals surface area contributed by atoms with Crippen LogP contribution in [0.2, 0.25) is 0 Å². The zero-order valence-corrected chi connectivity index (χ0v) is 13.2. The highest BCUT2D eigenvalue weighted by Gasteiger charge is 2.19. The maximum absolute atomic E-state index is 12.5. The second-order valence-electron chi connectivity index (χ2n) is 5.62. The van der Waals surface area contributed by atoms with Gasteiger partial charge in [-0.3, -0.25) is 14.8 Å². The Labute approximate surface area is 135 Å². The highest BCUT2D eigenvalue weighted by atomic mass is 16.7. The molecule has 0 spiro atoms. The molecule has 0 radical (unpaired) electrons. The summed E-state index contributed by atoms with van der Waals surface area (Å²) >= 11 is 0. The second-order valence-corrected chi connectivity index (χ2v) is 5.62. The number of fused-ring (bicyclic) bond motifs is 1. The Hall–Kier alpha value is -2.63. The Morgan fingerprint density at radius 1 is 1.30 bits per heavy atom. The number of amides is 1. The monoisotopic (exact) mass is 313 g/mol. The lowest BCUT2D eigenvalue weighted by molar-refractivity contribution is -0.130. The van der Waals surface area contributed by atoms with Gasteiger partial charge in [-0.15, -0.1) is 0 Å². The molecule has 0 N–H and O–H groups in total. The van der Waals surface area contributed by atoms with E-state index in [-0.39, 0.29) is 18.7 Å². The van der Waals surface area contributed by atoms with Gasteiger partial charge in [0.05, 0.1) is 12.1 Å². The van der Waals surface area contributed by atoms with Gasteiger partial charge < -0.3 is 14.4 Å². The molecule has 120 valence electrons. The first-order valence-electron chi connectivity index (χ1n) is 7.52. The van der Waals surface area contributed by atoms with Gasteiger partial charge in [-0.25, -0.2) is 0 Å². The fourth-order valence-corrected chi connectivity index (χ4v) is 2.47. The molecule has 1 aromatic carbocycles. The standard InChI is InChI=1S/C17H19N3O3/c1-12(7-14-10-18-5-6-19-14)20(2)17(21)9-13-3-4-15-16(8-13)23-11-22-15/h3-6,8,10,12H,7,9,11H2,1-2H3/t12-/m1/s1. The molecule has 0 saturated carbocycles. The SMILES string of the molecule is C[C@H](Cc1cnccn1)N(C)C(=O)Cc1ccc2c(c1)OCO2. The summed E-state index contributed by atoms with van der Waals surface area (Å²) in [7, 11) is 1.82. The van der Waals surface area contributed by atoms with E-state index < -0.39 is 0 Å². The average molecular weight is 313 g/mol. The molecule has 1 aliphatic heterocycles. The Morgan fingerprint density at radius 2 is 2.13 bits per heavy atom. The highest BCUT2D eigenvalue weighted by molar-refractivity contribution is 5.79. The summed E-state index contributed by atoms with van der Waals surface area (Å²) in [6.07, 6.45) is 6.04. The van der Waals surface area contributed by atoms with E-state index in [0.29, 0.717) is 18.6 Å². The molecule has 3 rings (SSSR count). The summed E-state index contributed by atoms with van der Waals surface area (Å²) < 4.78 is 10.6. The fourth-order valence-electron chi connectivity index (χ4n) is 2.47. The largest absolute Gasteiger partial charge is 0.454 e. The van der Waals surface area contributed by atoms with E-state index in [1.54, 1.807) is 23.5 Å². The number of hydrogen-bond donors (Lipinski definition) is 0. The van der Waals surface area contributed by atoms with E-state index in [2.05, 4.69) is 9.97 Å². The molecule has 1 amide bonds. The topological polar surface area (TPSA) is 64.6 Å². The number of benzene rings is 1. The van der Waals surface area contributed by atoms with Gasteiger partial charge in [0.1, 0.15) is 0 Å². The van der Waals surface area contributed by atoms with E-state index in [4.69, 9.17) is 9.47 Å². The van der Waals surface area contributed by atoms with Crippen LogP contribution < -0.4 is 9.47 Å². The van der Waals surface area contributed by atoms with Crippen LogP contribution >= 0.6 is 0 Å². The number of likely N-dealkylation sites (N-methyl/N-ethyl adjacent to an activating group) is 1. The van der Waals surface area contributed by atoms with Crippen LogP contribution in [-0.2, 0) is 17.6 Å². The second kappa shape index (κ2) is 6.64. The van der Waals surface area contributed by atoms with E-state index in [9.17, 15) is 4.79 Å². The van der Waals surface area contributed by atoms with Crippen LogP contribution in [-0.4, -0.2) is 40.7 Å². The van der Waals surface area contributed by atoms with Gasteiger partial charge in [-0.2, -0.15) is 0 Å². The van der Waals surface area contributed by atoms with Crippen molar-refractivity contribution in [1.82, 2.24) is 14.9 Å². The first-order valence-corrected chi connectivity index (χ1v) is 7.52. The van der Waals surface area contributed by atoms with E-state index in [1.807, 2.05) is 32.2 Å². The minimum Gasteiger partial charge on any atom is -0.454 e. The smallest absolute Gasteiger partial charge is 0.231 e. The molecule has 6 heteroatoms. The molecule has 2 aromatic rings. The Morgan fingerprint density at radius 3 is 2.91 bits per heavy atom. The van der Waals surface area contributed by atoms with Crippen LogP contribution in [0.1, 0.15) is 18.2 Å². The molecule has 0 fully saturated rings. The number of ether oxygens (including phenoxy) is 2. The molecular weight excluding hydrogens is 294 g/mol. The molecule has 0 saturated heterocycles. The van der Waals surface area contributed by atoms with Gasteiger partial charge in [-0.1, -0.05) is 6.07 Å². The Kier molecular flexibility index (Phi) is 4.41. The molecule has 1 aliphatic rings. The van der Waals surface area contributed by atoms with Gasteiger partial charge in [0.25, 0.3) is 0 Å². The van der Waals surface area contributed by atoms with E-state index >= 15 is 0 Å². The van der Waals surface area contributed by atoms with E-state index in [0.717, 1.165) is 17.0 Å². The van der Waals surface area contributed by atoms with E-state index in [1.165, 1.54) is 0 Å². The van der Waals surface area contributed by atoms with Crippen LogP contribution in [0, 0.1) is 0 Å². The summed E-state index contributed by atoms with van der Waals surface area (Å²) in [6, 6.07) is 5.65. The minimum absolute atomic E-state index is 0.0493. The lowest BCUT2D eigenvalue weighted by Crippen LogP contribution is -2.37. The summed E-state index contributed by atoms with van der Waals surface area (Å²) in [4.78, 5) is 22.5. The third kappa shape index (κ3) is 3.59. The Bertz CT molecular complexity index is 691. The molecule has 2 heterocycles. The summed E-state index contributed by atoms with van der Waals surface area (Å²) in [5.41, 5.74) is 1.79. The van der Waals surface area contributed by atoms with Crippen LogP contribution in [0.5, 0.6) is 11.5 Å². The molecule has 1 atom stereocenters. The lowest BCUT2D eigenvalue weighted by Gasteiger charge is -2.24. The van der Waals surface area contributed by atoms with Crippen molar-refractivity contribution in [3.8, 4) is 11.5 Å². The maximum atomic E-state index is 12.5. The molecule has 6 nitrogen and oxygen atoms in total. The predicted molar refractivity (Wildman–Crippen MR) is 84.2 cm³/mol. The molecule has 0 bridgehead atoms. The van der Waals surface area contributed by atoms with Gasteiger partial charge in [0.15, 0.2) is 11.5 Å². The maximum Gasteiger partial charge on any atom is 0.231 e. The predicted octanol–water partition coefficient (Wildman–Crippen LogP) is 1.84. The number of rotatable bonds is 5. The summed E-state index contributed by atoms with van der Waals surface area (Å²) in [5.74, 6) is 1.48. The first-order chi connectivity index (χ1) is 11.1. The van der Waals surface area contributed by atoms with Crippen molar-refractivity contribution in [3.05, 3.63) is 48.0 Å². The van der Waals surface area contributed by atoms with Crippen molar-refractivity contribution < 1.29 is 14.3 Å². The minimum atomic E-state index is 0.0493. The third-order valence-corrected chi connectivity index (χ3v) is 3.97. The lowest BCUT2D eigenvalue weighted by atomic mass is 10.1. The number of carbonyl (C=O) groups is 1. The van der Waals surface area contributed by atoms with Crippen molar-refractivity contribution >= 4 is 5.91 Å². The van der Waals surface area contributed by atoms with Crippen molar-refractivity contribution in [2.75, 3.05) is 13.8 Å². The van der Waals surface area contributed by atoms with Gasteiger partial charge >= 0.3 is 0 Å². The van der Waals surface area contributed by atoms with Crippen LogP contribution in [0.25, 0.3) is 0 Å². The van der Waals surface area contributed by atoms with Crippen molar-refractivity contribution in [3.63, 3.8) is 0 Å². The zero-order chi connectivity index (χ0) is 16.2. The molecule has 0 unspecified atom stereocenters. The average Bonchev–Trinajstić information content (AvgIpc) is 3.02. The number of nitrogens with zero attached hydrogens (tertiary/aromatic N) is 3. The van der Waals surface area contributed by atoms with Gasteiger partial charge in [-0.05, 0) is 24.6 Å². The van der Waals surface area contributed by atoms with Crippen molar-refractivity contribution in [2.24, 2.45) is 0 Å². The molecule has 23 heavy (non-hydrogen) atoms. The van der Waals surface area contributed by atoms with Crippen LogP contribution in [0.4, 0.5) is 0 Å². The van der Waals surface area contributed by atoms with Crippen LogP contribution in [0.15, 0.2) is 36.8 Å². The van der Waals surface area contributed by atoms with Gasteiger partial charge in [0.2, 0.25) is 12.7 Å². The molecule has 1 aromatic heterocycles. The van der Waals surface area contributed by atoms with Crippen molar-refractivity contribution in [1.29, 1.82) is 0 Å². The highest BCUT2D eigenvalue weighted by Crippen LogP contribution is 2.32. The first kappa shape index (κ1) is 15.3. The zero-order valence-electron chi connectivity index (χ0n) is 13.2. The number of hydrogen-bond acceptors (Lipinski definition) is 5.